The summed E-state index contributed by atoms with van der Waals surface area (Å²) in [6, 6.07) is 15.0. The van der Waals surface area contributed by atoms with E-state index in [-0.39, 0.29) is 17.3 Å². The van der Waals surface area contributed by atoms with Gasteiger partial charge in [0.1, 0.15) is 22.6 Å². The molecule has 0 fully saturated rings. The number of anilines is 1. The Morgan fingerprint density at radius 1 is 1.16 bits per heavy atom. The topological polar surface area (TPSA) is 107 Å². The fourth-order valence-corrected chi connectivity index (χ4v) is 3.44. The van der Waals surface area contributed by atoms with Gasteiger partial charge in [-0.3, -0.25) is 4.79 Å². The first kappa shape index (κ1) is 21.3. The third-order valence-corrected chi connectivity index (χ3v) is 5.16. The van der Waals surface area contributed by atoms with Crippen LogP contribution in [0.5, 0.6) is 5.75 Å². The minimum Gasteiger partial charge on any atom is -0.496 e. The van der Waals surface area contributed by atoms with E-state index in [1.165, 1.54) is 4.68 Å². The highest BCUT2D eigenvalue weighted by molar-refractivity contribution is 6.10. The quantitative estimate of drug-likeness (QED) is 0.433. The largest absolute Gasteiger partial charge is 0.496 e. The van der Waals surface area contributed by atoms with E-state index in [0.717, 1.165) is 12.0 Å². The average molecular weight is 431 g/mol. The van der Waals surface area contributed by atoms with E-state index in [1.807, 2.05) is 48.5 Å². The van der Waals surface area contributed by atoms with E-state index in [9.17, 15) is 4.79 Å². The van der Waals surface area contributed by atoms with Crippen LogP contribution < -0.4 is 15.8 Å². The molecule has 0 aliphatic carbocycles. The summed E-state index contributed by atoms with van der Waals surface area (Å²) in [6.45, 7) is 4.77. The summed E-state index contributed by atoms with van der Waals surface area (Å²) in [4.78, 5) is 22.4. The summed E-state index contributed by atoms with van der Waals surface area (Å²) < 4.78 is 6.85. The summed E-state index contributed by atoms with van der Waals surface area (Å²) in [7, 11) is 1.60. The molecule has 4 rings (SSSR count). The number of aromatic nitrogens is 3. The summed E-state index contributed by atoms with van der Waals surface area (Å²) in [5.41, 5.74) is 9.68. The first-order chi connectivity index (χ1) is 15.5. The first-order valence-electron chi connectivity index (χ1n) is 10.5. The number of hydrogen-bond donors (Lipinski definition) is 2. The van der Waals surface area contributed by atoms with Crippen molar-refractivity contribution in [3.05, 3.63) is 59.7 Å². The molecule has 8 heteroatoms. The Kier molecular flexibility index (Phi) is 6.02. The number of carbonyl (C=O) groups is 1. The molecule has 0 aliphatic rings. The van der Waals surface area contributed by atoms with Crippen LogP contribution in [-0.2, 0) is 0 Å². The van der Waals surface area contributed by atoms with Gasteiger partial charge in [0.05, 0.1) is 24.4 Å². The predicted molar refractivity (Wildman–Crippen MR) is 127 cm³/mol. The maximum Gasteiger partial charge on any atom is 0.257 e. The number of nitrogens with two attached hydrogens (primary N) is 1. The Labute approximate surface area is 186 Å². The van der Waals surface area contributed by atoms with Crippen molar-refractivity contribution in [2.24, 2.45) is 11.0 Å². The summed E-state index contributed by atoms with van der Waals surface area (Å²) in [5.74, 6) is 1.05. The van der Waals surface area contributed by atoms with Crippen molar-refractivity contribution in [1.29, 1.82) is 0 Å². The van der Waals surface area contributed by atoms with Gasteiger partial charge in [0.15, 0.2) is 5.65 Å². The standard InChI is InChI=1S/C24H26N6O2/c1-15(2)12-13-26-24(31)20-21-23(29-18-10-6-5-9-17(18)28-21)30(22(20)25)27-14-16-8-4-7-11-19(16)32-3/h4-11,14-15H,12-13,25H2,1-3H3,(H,26,31)/b27-14-. The van der Waals surface area contributed by atoms with Crippen molar-refractivity contribution < 1.29 is 9.53 Å². The summed E-state index contributed by atoms with van der Waals surface area (Å²) >= 11 is 0. The number of benzene rings is 2. The second-order valence-corrected chi connectivity index (χ2v) is 7.88. The first-order valence-corrected chi connectivity index (χ1v) is 10.5. The molecule has 2 aromatic carbocycles. The highest BCUT2D eigenvalue weighted by Crippen LogP contribution is 2.28. The number of carbonyl (C=O) groups excluding carboxylic acids is 1. The number of nitrogen functional groups attached to an aromatic ring is 1. The molecule has 0 bridgehead atoms. The van der Waals surface area contributed by atoms with Crippen molar-refractivity contribution in [1.82, 2.24) is 20.0 Å². The van der Waals surface area contributed by atoms with E-state index in [4.69, 9.17) is 15.5 Å². The second kappa shape index (κ2) is 9.05. The van der Waals surface area contributed by atoms with Crippen molar-refractivity contribution in [2.75, 3.05) is 19.4 Å². The molecular formula is C24H26N6O2. The van der Waals surface area contributed by atoms with E-state index < -0.39 is 0 Å². The normalized spacial score (nSPS) is 11.6. The minimum atomic E-state index is -0.288. The molecule has 0 atom stereocenters. The molecular weight excluding hydrogens is 404 g/mol. The van der Waals surface area contributed by atoms with Gasteiger partial charge >= 0.3 is 0 Å². The van der Waals surface area contributed by atoms with Crippen LogP contribution in [0.4, 0.5) is 5.82 Å². The lowest BCUT2D eigenvalue weighted by atomic mass is 10.1. The summed E-state index contributed by atoms with van der Waals surface area (Å²) in [6.07, 6.45) is 2.50. The Morgan fingerprint density at radius 2 is 1.84 bits per heavy atom. The zero-order valence-electron chi connectivity index (χ0n) is 18.4. The third kappa shape index (κ3) is 4.12. The van der Waals surface area contributed by atoms with E-state index in [0.29, 0.717) is 40.4 Å². The molecule has 32 heavy (non-hydrogen) atoms. The fraction of sp³-hybridized carbons (Fsp3) is 0.250. The Bertz CT molecular complexity index is 1310. The van der Waals surface area contributed by atoms with Gasteiger partial charge in [-0.1, -0.05) is 38.1 Å². The molecule has 3 N–H and O–H groups in total. The van der Waals surface area contributed by atoms with Gasteiger partial charge < -0.3 is 15.8 Å². The van der Waals surface area contributed by atoms with Gasteiger partial charge in [-0.05, 0) is 36.6 Å². The van der Waals surface area contributed by atoms with E-state index in [1.54, 1.807) is 13.3 Å². The number of rotatable bonds is 7. The fourth-order valence-electron chi connectivity index (χ4n) is 3.44. The number of methoxy groups -OCH3 is 1. The van der Waals surface area contributed by atoms with Crippen LogP contribution in [-0.4, -0.2) is 40.4 Å². The molecule has 0 unspecified atom stereocenters. The number of nitrogens with zero attached hydrogens (tertiary/aromatic N) is 4. The molecule has 2 aromatic heterocycles. The highest BCUT2D eigenvalue weighted by Gasteiger charge is 2.24. The van der Waals surface area contributed by atoms with Gasteiger partial charge in [-0.15, -0.1) is 0 Å². The number of fused-ring (bicyclic) bond motifs is 2. The zero-order chi connectivity index (χ0) is 22.7. The van der Waals surface area contributed by atoms with Gasteiger partial charge in [-0.2, -0.15) is 9.78 Å². The molecule has 0 saturated heterocycles. The number of nitrogens with one attached hydrogen (secondary N) is 1. The molecule has 1 amide bonds. The van der Waals surface area contributed by atoms with Gasteiger partial charge in [-0.25, -0.2) is 9.97 Å². The number of amides is 1. The van der Waals surface area contributed by atoms with Crippen LogP contribution in [0.15, 0.2) is 53.6 Å². The van der Waals surface area contributed by atoms with Gasteiger partial charge in [0.2, 0.25) is 0 Å². The van der Waals surface area contributed by atoms with E-state index in [2.05, 4.69) is 29.2 Å². The predicted octanol–water partition coefficient (Wildman–Crippen LogP) is 3.83. The third-order valence-electron chi connectivity index (χ3n) is 5.16. The van der Waals surface area contributed by atoms with Gasteiger partial charge in [0, 0.05) is 12.1 Å². The molecule has 0 radical (unpaired) electrons. The molecule has 2 heterocycles. The molecule has 4 aromatic rings. The van der Waals surface area contributed by atoms with E-state index >= 15 is 0 Å². The number of hydrogen-bond acceptors (Lipinski definition) is 6. The van der Waals surface area contributed by atoms with Crippen LogP contribution in [0, 0.1) is 5.92 Å². The lowest BCUT2D eigenvalue weighted by Crippen LogP contribution is -2.26. The SMILES string of the molecule is COc1ccccc1/C=N\n1c(N)c(C(=O)NCCC(C)C)c2nc3ccccc3nc21. The number of ether oxygens (including phenoxy) is 1. The zero-order valence-corrected chi connectivity index (χ0v) is 18.4. The second-order valence-electron chi connectivity index (χ2n) is 7.88. The lowest BCUT2D eigenvalue weighted by Gasteiger charge is -2.07. The highest BCUT2D eigenvalue weighted by atomic mass is 16.5. The van der Waals surface area contributed by atoms with Crippen LogP contribution >= 0.6 is 0 Å². The maximum absolute atomic E-state index is 13.0. The number of para-hydroxylation sites is 3. The Hall–Kier alpha value is -3.94. The van der Waals surface area contributed by atoms with Crippen LogP contribution in [0.1, 0.15) is 36.2 Å². The molecule has 0 spiro atoms. The molecule has 0 aliphatic heterocycles. The van der Waals surface area contributed by atoms with Crippen LogP contribution in [0.25, 0.3) is 22.2 Å². The van der Waals surface area contributed by atoms with Crippen LogP contribution in [0.3, 0.4) is 0 Å². The van der Waals surface area contributed by atoms with Crippen molar-refractivity contribution >= 4 is 40.1 Å². The average Bonchev–Trinajstić information content (AvgIpc) is 3.06. The minimum absolute atomic E-state index is 0.184. The smallest absolute Gasteiger partial charge is 0.257 e. The Balaban J connectivity index is 1.84. The van der Waals surface area contributed by atoms with Crippen LogP contribution in [0.2, 0.25) is 0 Å². The maximum atomic E-state index is 13.0. The molecule has 0 saturated carbocycles. The Morgan fingerprint density at radius 3 is 2.56 bits per heavy atom. The van der Waals surface area contributed by atoms with Crippen molar-refractivity contribution in [3.63, 3.8) is 0 Å². The monoisotopic (exact) mass is 430 g/mol. The van der Waals surface area contributed by atoms with Crippen molar-refractivity contribution in [3.8, 4) is 5.75 Å². The van der Waals surface area contributed by atoms with Gasteiger partial charge in [0.25, 0.3) is 5.91 Å². The van der Waals surface area contributed by atoms with Crippen molar-refractivity contribution in [2.45, 2.75) is 20.3 Å². The summed E-state index contributed by atoms with van der Waals surface area (Å²) in [5, 5.41) is 7.48. The molecule has 8 nitrogen and oxygen atoms in total. The molecule has 164 valence electrons. The lowest BCUT2D eigenvalue weighted by molar-refractivity contribution is 0.0954.